The molecule has 1 fully saturated rings. The van der Waals surface area contributed by atoms with E-state index in [4.69, 9.17) is 4.84 Å². The largest absolute Gasteiger partial charge is 0.356 e. The van der Waals surface area contributed by atoms with Crippen molar-refractivity contribution in [3.63, 3.8) is 0 Å². The van der Waals surface area contributed by atoms with Crippen LogP contribution >= 0.6 is 0 Å². The molecule has 0 spiro atoms. The smallest absolute Gasteiger partial charge is 0.333 e. The zero-order valence-electron chi connectivity index (χ0n) is 20.8. The van der Waals surface area contributed by atoms with Crippen LogP contribution in [0.5, 0.6) is 0 Å². The molecule has 0 saturated carbocycles. The van der Waals surface area contributed by atoms with Gasteiger partial charge in [0.2, 0.25) is 5.91 Å². The number of carbonyl (C=O) groups is 4. The minimum Gasteiger partial charge on any atom is -0.356 e. The number of amides is 3. The van der Waals surface area contributed by atoms with Crippen LogP contribution in [-0.2, 0) is 24.0 Å². The first kappa shape index (κ1) is 29.1. The summed E-state index contributed by atoms with van der Waals surface area (Å²) in [5.41, 5.74) is 0. The van der Waals surface area contributed by atoms with E-state index in [-0.39, 0.29) is 25.2 Å². The fraction of sp³-hybridized carbons (Fsp3) is 0.846. The summed E-state index contributed by atoms with van der Waals surface area (Å²) < 4.78 is 0. The van der Waals surface area contributed by atoms with Gasteiger partial charge in [0.25, 0.3) is 11.8 Å². The average molecular weight is 467 g/mol. The lowest BCUT2D eigenvalue weighted by molar-refractivity contribution is -0.197. The number of nitrogens with one attached hydrogen (secondary N) is 1. The highest BCUT2D eigenvalue weighted by molar-refractivity contribution is 6.01. The van der Waals surface area contributed by atoms with Gasteiger partial charge in [-0.05, 0) is 12.8 Å². The molecular weight excluding hydrogens is 420 g/mol. The van der Waals surface area contributed by atoms with E-state index >= 15 is 0 Å². The van der Waals surface area contributed by atoms with Gasteiger partial charge in [-0.25, -0.2) is 4.79 Å². The Morgan fingerprint density at radius 1 is 0.697 bits per heavy atom. The van der Waals surface area contributed by atoms with E-state index < -0.39 is 17.8 Å². The monoisotopic (exact) mass is 466 g/mol. The lowest BCUT2D eigenvalue weighted by Gasteiger charge is -2.12. The van der Waals surface area contributed by atoms with E-state index in [9.17, 15) is 19.2 Å². The minimum atomic E-state index is -0.629. The standard InChI is InChI=1S/C26H46N2O5/c1-2-3-4-5-6-7-8-9-10-11-12-13-14-15-16-18-23(29)27-22-17-19-26(32)33-28-24(30)20-21-25(28)31/h2-22H2,1H3,(H,27,29). The molecule has 0 aromatic rings. The summed E-state index contributed by atoms with van der Waals surface area (Å²) in [5.74, 6) is -1.59. The van der Waals surface area contributed by atoms with Gasteiger partial charge in [0.15, 0.2) is 0 Å². The van der Waals surface area contributed by atoms with Gasteiger partial charge >= 0.3 is 5.97 Å². The van der Waals surface area contributed by atoms with Gasteiger partial charge in [-0.1, -0.05) is 96.8 Å². The molecular formula is C26H46N2O5. The van der Waals surface area contributed by atoms with Crippen molar-refractivity contribution in [2.75, 3.05) is 6.54 Å². The topological polar surface area (TPSA) is 92.8 Å². The van der Waals surface area contributed by atoms with Crippen molar-refractivity contribution in [1.29, 1.82) is 0 Å². The van der Waals surface area contributed by atoms with Crippen LogP contribution in [0.2, 0.25) is 0 Å². The zero-order valence-corrected chi connectivity index (χ0v) is 20.8. The van der Waals surface area contributed by atoms with E-state index in [1.165, 1.54) is 83.5 Å². The third kappa shape index (κ3) is 15.5. The van der Waals surface area contributed by atoms with Crippen molar-refractivity contribution in [1.82, 2.24) is 10.4 Å². The van der Waals surface area contributed by atoms with Gasteiger partial charge in [0.05, 0.1) is 0 Å². The molecule has 0 aromatic heterocycles. The Morgan fingerprint density at radius 3 is 1.64 bits per heavy atom. The van der Waals surface area contributed by atoms with Gasteiger partial charge in [0, 0.05) is 32.2 Å². The first-order chi connectivity index (χ1) is 16.0. The first-order valence-corrected chi connectivity index (χ1v) is 13.4. The molecule has 1 aliphatic rings. The van der Waals surface area contributed by atoms with Gasteiger partial charge < -0.3 is 10.2 Å². The van der Waals surface area contributed by atoms with Crippen molar-refractivity contribution in [2.24, 2.45) is 0 Å². The van der Waals surface area contributed by atoms with Crippen molar-refractivity contribution in [2.45, 2.75) is 135 Å². The van der Waals surface area contributed by atoms with E-state index in [1.807, 2.05) is 0 Å². The molecule has 0 bridgehead atoms. The maximum Gasteiger partial charge on any atom is 0.333 e. The lowest BCUT2D eigenvalue weighted by atomic mass is 10.0. The van der Waals surface area contributed by atoms with E-state index in [0.717, 1.165) is 12.8 Å². The maximum absolute atomic E-state index is 11.9. The van der Waals surface area contributed by atoms with Crippen LogP contribution in [-0.4, -0.2) is 35.3 Å². The molecule has 1 rings (SSSR count). The summed E-state index contributed by atoms with van der Waals surface area (Å²) >= 11 is 0. The maximum atomic E-state index is 11.9. The van der Waals surface area contributed by atoms with Crippen LogP contribution in [0.15, 0.2) is 0 Å². The molecule has 1 aliphatic heterocycles. The minimum absolute atomic E-state index is 0.00274. The Kier molecular flexibility index (Phi) is 17.2. The van der Waals surface area contributed by atoms with Gasteiger partial charge in [-0.3, -0.25) is 14.4 Å². The molecule has 7 heteroatoms. The summed E-state index contributed by atoms with van der Waals surface area (Å²) in [6, 6.07) is 0. The summed E-state index contributed by atoms with van der Waals surface area (Å²) in [7, 11) is 0. The van der Waals surface area contributed by atoms with E-state index in [2.05, 4.69) is 12.2 Å². The molecule has 0 unspecified atom stereocenters. The predicted octanol–water partition coefficient (Wildman–Crippen LogP) is 5.75. The summed E-state index contributed by atoms with van der Waals surface area (Å²) in [6.07, 6.45) is 20.6. The highest BCUT2D eigenvalue weighted by atomic mass is 16.7. The van der Waals surface area contributed by atoms with Crippen molar-refractivity contribution in [3.8, 4) is 0 Å². The molecule has 0 radical (unpaired) electrons. The Hall–Kier alpha value is -1.92. The van der Waals surface area contributed by atoms with Crippen molar-refractivity contribution >= 4 is 23.7 Å². The van der Waals surface area contributed by atoms with Crippen molar-refractivity contribution < 1.29 is 24.0 Å². The third-order valence-corrected chi connectivity index (χ3v) is 6.09. The molecule has 7 nitrogen and oxygen atoms in total. The molecule has 1 saturated heterocycles. The number of nitrogens with zero attached hydrogens (tertiary/aromatic N) is 1. The molecule has 0 aliphatic carbocycles. The number of hydroxylamine groups is 2. The third-order valence-electron chi connectivity index (χ3n) is 6.09. The van der Waals surface area contributed by atoms with E-state index in [0.29, 0.717) is 24.4 Å². The number of unbranched alkanes of at least 4 members (excludes halogenated alkanes) is 14. The fourth-order valence-corrected chi connectivity index (χ4v) is 4.01. The first-order valence-electron chi connectivity index (χ1n) is 13.4. The normalized spacial score (nSPS) is 13.5. The zero-order chi connectivity index (χ0) is 24.2. The summed E-state index contributed by atoms with van der Waals surface area (Å²) in [4.78, 5) is 51.1. The van der Waals surface area contributed by atoms with E-state index in [1.54, 1.807) is 0 Å². The van der Waals surface area contributed by atoms with Gasteiger partial charge in [0.1, 0.15) is 0 Å². The van der Waals surface area contributed by atoms with Crippen LogP contribution in [0, 0.1) is 0 Å². The lowest BCUT2D eigenvalue weighted by Crippen LogP contribution is -2.32. The molecule has 190 valence electrons. The second-order valence-electron chi connectivity index (χ2n) is 9.20. The highest BCUT2D eigenvalue weighted by Crippen LogP contribution is 2.14. The Balaban J connectivity index is 1.82. The van der Waals surface area contributed by atoms with Gasteiger partial charge in [-0.2, -0.15) is 0 Å². The number of rotatable bonds is 21. The molecule has 1 N–H and O–H groups in total. The second kappa shape index (κ2) is 19.5. The average Bonchev–Trinajstić information content (AvgIpc) is 3.11. The number of hydrogen-bond donors (Lipinski definition) is 1. The van der Waals surface area contributed by atoms with Crippen molar-refractivity contribution in [3.05, 3.63) is 0 Å². The molecule has 3 amide bonds. The highest BCUT2D eigenvalue weighted by Gasteiger charge is 2.32. The number of hydrogen-bond acceptors (Lipinski definition) is 5. The SMILES string of the molecule is CCCCCCCCCCCCCCCCCC(=O)NCCCC(=O)ON1C(=O)CCC1=O. The summed E-state index contributed by atoms with van der Waals surface area (Å²) in [5, 5.41) is 3.36. The second-order valence-corrected chi connectivity index (χ2v) is 9.20. The van der Waals surface area contributed by atoms with Crippen LogP contribution in [0.25, 0.3) is 0 Å². The quantitative estimate of drug-likeness (QED) is 0.172. The molecule has 0 aromatic carbocycles. The predicted molar refractivity (Wildman–Crippen MR) is 129 cm³/mol. The van der Waals surface area contributed by atoms with Crippen LogP contribution in [0.3, 0.4) is 0 Å². The molecule has 0 atom stereocenters. The fourth-order valence-electron chi connectivity index (χ4n) is 4.01. The Labute approximate surface area is 200 Å². The van der Waals surface area contributed by atoms with Crippen LogP contribution in [0.4, 0.5) is 0 Å². The number of imide groups is 1. The van der Waals surface area contributed by atoms with Gasteiger partial charge in [-0.15, -0.1) is 5.06 Å². The van der Waals surface area contributed by atoms with Crippen LogP contribution in [0.1, 0.15) is 135 Å². The Bertz CT molecular complexity index is 563. The number of carbonyl (C=O) groups excluding carboxylic acids is 4. The summed E-state index contributed by atoms with van der Waals surface area (Å²) in [6.45, 7) is 2.64. The molecule has 1 heterocycles. The van der Waals surface area contributed by atoms with Crippen LogP contribution < -0.4 is 5.32 Å². The Morgan fingerprint density at radius 2 is 1.15 bits per heavy atom. The molecule has 33 heavy (non-hydrogen) atoms.